The van der Waals surface area contributed by atoms with Gasteiger partial charge in [0.25, 0.3) is 0 Å². The van der Waals surface area contributed by atoms with Crippen LogP contribution in [0.4, 0.5) is 0 Å². The van der Waals surface area contributed by atoms with Crippen molar-refractivity contribution in [2.75, 3.05) is 0 Å². The van der Waals surface area contributed by atoms with E-state index in [0.29, 0.717) is 10.8 Å². The van der Waals surface area contributed by atoms with E-state index in [1.54, 1.807) is 6.07 Å². The molecule has 16 heavy (non-hydrogen) atoms. The number of aryl methyl sites for hydroxylation is 1. The normalized spacial score (nSPS) is 24.7. The second-order valence-corrected chi connectivity index (χ2v) is 4.59. The van der Waals surface area contributed by atoms with Gasteiger partial charge in [0.05, 0.1) is 6.10 Å². The summed E-state index contributed by atoms with van der Waals surface area (Å²) in [5.74, 6) is 1.94. The van der Waals surface area contributed by atoms with Crippen LogP contribution in [0.15, 0.2) is 6.07 Å². The van der Waals surface area contributed by atoms with Crippen molar-refractivity contribution in [3.05, 3.63) is 22.9 Å². The average Bonchev–Trinajstić information content (AvgIpc) is 2.56. The van der Waals surface area contributed by atoms with Crippen molar-refractivity contribution in [2.45, 2.75) is 31.8 Å². The van der Waals surface area contributed by atoms with E-state index in [1.165, 1.54) is 0 Å². The van der Waals surface area contributed by atoms with Crippen LogP contribution in [0.25, 0.3) is 5.65 Å². The maximum Gasteiger partial charge on any atom is 0.165 e. The molecule has 0 saturated heterocycles. The molecule has 1 fully saturated rings. The van der Waals surface area contributed by atoms with Gasteiger partial charge in [-0.15, -0.1) is 10.2 Å². The fourth-order valence-corrected chi connectivity index (χ4v) is 2.36. The molecule has 0 aliphatic heterocycles. The zero-order valence-electron chi connectivity index (χ0n) is 8.76. The molecule has 2 aromatic heterocycles. The minimum absolute atomic E-state index is 0.196. The van der Waals surface area contributed by atoms with Gasteiger partial charge in [0.1, 0.15) is 16.8 Å². The molecule has 84 valence electrons. The third kappa shape index (κ3) is 1.39. The Kier molecular flexibility index (Phi) is 2.12. The number of rotatable bonds is 1. The van der Waals surface area contributed by atoms with Crippen molar-refractivity contribution in [1.29, 1.82) is 0 Å². The van der Waals surface area contributed by atoms with Crippen molar-refractivity contribution in [3.63, 3.8) is 0 Å². The monoisotopic (exact) mass is 238 g/mol. The van der Waals surface area contributed by atoms with E-state index >= 15 is 0 Å². The van der Waals surface area contributed by atoms with Crippen molar-refractivity contribution < 1.29 is 5.11 Å². The highest BCUT2D eigenvalue weighted by atomic mass is 35.5. The number of aromatic nitrogens is 4. The summed E-state index contributed by atoms with van der Waals surface area (Å²) in [7, 11) is 0. The minimum Gasteiger partial charge on any atom is -0.393 e. The molecule has 1 aliphatic rings. The molecule has 0 unspecified atom stereocenters. The molecular formula is C10H11ClN4O. The molecule has 0 amide bonds. The van der Waals surface area contributed by atoms with Gasteiger partial charge in [0, 0.05) is 12.0 Å². The second kappa shape index (κ2) is 3.40. The highest BCUT2D eigenvalue weighted by molar-refractivity contribution is 6.29. The van der Waals surface area contributed by atoms with Crippen molar-refractivity contribution in [2.24, 2.45) is 0 Å². The summed E-state index contributed by atoms with van der Waals surface area (Å²) in [6.07, 6.45) is 1.31. The third-order valence-corrected chi connectivity index (χ3v) is 3.23. The van der Waals surface area contributed by atoms with Gasteiger partial charge in [0.15, 0.2) is 5.65 Å². The fraction of sp³-hybridized carbons (Fsp3) is 0.500. The topological polar surface area (TPSA) is 63.3 Å². The standard InChI is InChI=1S/C10H11ClN4O/c1-5-12-8(11)4-9-13-14-10(15(5)9)6-2-7(16)3-6/h4,6-7,16H,2-3H2,1H3. The molecule has 1 aliphatic carbocycles. The Morgan fingerprint density at radius 1 is 1.44 bits per heavy atom. The van der Waals surface area contributed by atoms with Gasteiger partial charge in [-0.05, 0) is 19.8 Å². The van der Waals surface area contributed by atoms with Crippen LogP contribution < -0.4 is 0 Å². The molecule has 0 radical (unpaired) electrons. The smallest absolute Gasteiger partial charge is 0.165 e. The number of halogens is 1. The lowest BCUT2D eigenvalue weighted by Gasteiger charge is -2.29. The highest BCUT2D eigenvalue weighted by Crippen LogP contribution is 2.36. The number of nitrogens with zero attached hydrogens (tertiary/aromatic N) is 4. The maximum absolute atomic E-state index is 9.31. The molecule has 6 heteroatoms. The van der Waals surface area contributed by atoms with E-state index in [9.17, 15) is 5.11 Å². The van der Waals surface area contributed by atoms with Crippen LogP contribution in [0.3, 0.4) is 0 Å². The van der Waals surface area contributed by atoms with Crippen LogP contribution >= 0.6 is 11.6 Å². The first-order valence-corrected chi connectivity index (χ1v) is 5.59. The molecule has 3 rings (SSSR count). The van der Waals surface area contributed by atoms with Gasteiger partial charge < -0.3 is 5.11 Å². The van der Waals surface area contributed by atoms with Gasteiger partial charge in [-0.2, -0.15) is 0 Å². The Morgan fingerprint density at radius 3 is 2.88 bits per heavy atom. The summed E-state index contributed by atoms with van der Waals surface area (Å²) in [5, 5.41) is 18.0. The lowest BCUT2D eigenvalue weighted by Crippen LogP contribution is -2.28. The van der Waals surface area contributed by atoms with Gasteiger partial charge >= 0.3 is 0 Å². The fourth-order valence-electron chi connectivity index (χ4n) is 2.14. The average molecular weight is 239 g/mol. The Balaban J connectivity index is 2.12. The second-order valence-electron chi connectivity index (χ2n) is 4.20. The van der Waals surface area contributed by atoms with E-state index in [-0.39, 0.29) is 12.0 Å². The molecule has 0 bridgehead atoms. The highest BCUT2D eigenvalue weighted by Gasteiger charge is 2.32. The lowest BCUT2D eigenvalue weighted by molar-refractivity contribution is 0.0712. The summed E-state index contributed by atoms with van der Waals surface area (Å²) < 4.78 is 1.91. The van der Waals surface area contributed by atoms with E-state index in [1.807, 2.05) is 11.3 Å². The Hall–Kier alpha value is -1.20. The van der Waals surface area contributed by atoms with E-state index < -0.39 is 0 Å². The first-order chi connectivity index (χ1) is 7.65. The number of hydrogen-bond donors (Lipinski definition) is 1. The van der Waals surface area contributed by atoms with Crippen molar-refractivity contribution in [3.8, 4) is 0 Å². The Bertz CT molecular complexity index is 547. The van der Waals surface area contributed by atoms with Gasteiger partial charge in [-0.1, -0.05) is 11.6 Å². The lowest BCUT2D eigenvalue weighted by atomic mass is 9.82. The largest absolute Gasteiger partial charge is 0.393 e. The van der Waals surface area contributed by atoms with Crippen LogP contribution in [-0.4, -0.2) is 30.8 Å². The predicted octanol–water partition coefficient (Wildman–Crippen LogP) is 1.32. The van der Waals surface area contributed by atoms with Crippen molar-refractivity contribution in [1.82, 2.24) is 19.6 Å². The van der Waals surface area contributed by atoms with Crippen LogP contribution in [0, 0.1) is 6.92 Å². The number of aliphatic hydroxyl groups is 1. The molecule has 0 aromatic carbocycles. The molecule has 0 spiro atoms. The van der Waals surface area contributed by atoms with E-state index in [4.69, 9.17) is 11.6 Å². The predicted molar refractivity (Wildman–Crippen MR) is 58.5 cm³/mol. The summed E-state index contributed by atoms with van der Waals surface area (Å²) in [6.45, 7) is 1.88. The van der Waals surface area contributed by atoms with Crippen LogP contribution in [0.5, 0.6) is 0 Å². The van der Waals surface area contributed by atoms with Crippen LogP contribution in [0.1, 0.15) is 30.4 Å². The summed E-state index contributed by atoms with van der Waals surface area (Å²) in [4.78, 5) is 4.18. The molecule has 2 heterocycles. The summed E-state index contributed by atoms with van der Waals surface area (Å²) in [5.41, 5.74) is 0.717. The van der Waals surface area contributed by atoms with Gasteiger partial charge in [-0.3, -0.25) is 4.40 Å². The van der Waals surface area contributed by atoms with Crippen molar-refractivity contribution >= 4 is 17.2 Å². The molecule has 1 saturated carbocycles. The number of hydrogen-bond acceptors (Lipinski definition) is 4. The minimum atomic E-state index is -0.196. The Labute approximate surface area is 97.1 Å². The molecule has 5 nitrogen and oxygen atoms in total. The molecular weight excluding hydrogens is 228 g/mol. The molecule has 2 aromatic rings. The van der Waals surface area contributed by atoms with E-state index in [0.717, 1.165) is 24.5 Å². The molecule has 1 N–H and O–H groups in total. The first kappa shape index (κ1) is 9.99. The van der Waals surface area contributed by atoms with E-state index in [2.05, 4.69) is 15.2 Å². The van der Waals surface area contributed by atoms with Gasteiger partial charge in [0.2, 0.25) is 0 Å². The number of aliphatic hydroxyl groups excluding tert-OH is 1. The third-order valence-electron chi connectivity index (χ3n) is 3.03. The summed E-state index contributed by atoms with van der Waals surface area (Å²) >= 11 is 5.85. The van der Waals surface area contributed by atoms with Crippen LogP contribution in [0.2, 0.25) is 5.15 Å². The number of fused-ring (bicyclic) bond motifs is 1. The zero-order chi connectivity index (χ0) is 11.3. The Morgan fingerprint density at radius 2 is 2.19 bits per heavy atom. The maximum atomic E-state index is 9.31. The molecule has 0 atom stereocenters. The zero-order valence-corrected chi connectivity index (χ0v) is 9.52. The first-order valence-electron chi connectivity index (χ1n) is 5.21. The SMILES string of the molecule is Cc1nc(Cl)cc2nnc(C3CC(O)C3)n12. The quantitative estimate of drug-likeness (QED) is 0.762. The van der Waals surface area contributed by atoms with Gasteiger partial charge in [-0.25, -0.2) is 4.98 Å². The van der Waals surface area contributed by atoms with Crippen LogP contribution in [-0.2, 0) is 0 Å². The summed E-state index contributed by atoms with van der Waals surface area (Å²) in [6, 6.07) is 1.69.